The average molecular weight is 534 g/mol. The number of alkyl halides is 3. The van der Waals surface area contributed by atoms with Gasteiger partial charge in [-0.2, -0.15) is 28.1 Å². The molecule has 0 aliphatic heterocycles. The van der Waals surface area contributed by atoms with Crippen LogP contribution in [0.15, 0.2) is 66.7 Å². The fourth-order valence-corrected chi connectivity index (χ4v) is 3.51. The van der Waals surface area contributed by atoms with Crippen molar-refractivity contribution in [2.45, 2.75) is 13.1 Å². The van der Waals surface area contributed by atoms with Crippen LogP contribution in [0.5, 0.6) is 11.8 Å². The van der Waals surface area contributed by atoms with Crippen LogP contribution in [0.3, 0.4) is 0 Å². The third-order valence-electron chi connectivity index (χ3n) is 4.66. The average Bonchev–Trinajstić information content (AvgIpc) is 2.82. The highest BCUT2D eigenvalue weighted by Gasteiger charge is 2.30. The van der Waals surface area contributed by atoms with E-state index in [2.05, 4.69) is 25.6 Å². The van der Waals surface area contributed by atoms with E-state index in [4.69, 9.17) is 27.9 Å². The van der Waals surface area contributed by atoms with E-state index in [9.17, 15) is 18.0 Å². The predicted molar refractivity (Wildman–Crippen MR) is 131 cm³/mol. The number of halogens is 5. The van der Waals surface area contributed by atoms with E-state index in [1.54, 1.807) is 42.5 Å². The maximum Gasteiger partial charge on any atom is 0.416 e. The highest BCUT2D eigenvalue weighted by atomic mass is 35.5. The lowest BCUT2D eigenvalue weighted by Gasteiger charge is -2.12. The van der Waals surface area contributed by atoms with Gasteiger partial charge >= 0.3 is 12.2 Å². The molecule has 0 bridgehead atoms. The molecule has 1 amide bonds. The van der Waals surface area contributed by atoms with Crippen molar-refractivity contribution >= 4 is 46.4 Å². The molecule has 0 aliphatic rings. The Kier molecular flexibility index (Phi) is 7.27. The number of nitrogens with one attached hydrogen (secondary N) is 2. The monoisotopic (exact) mass is 533 g/mol. The van der Waals surface area contributed by atoms with Crippen LogP contribution in [-0.2, 0) is 11.0 Å². The lowest BCUT2D eigenvalue weighted by atomic mass is 10.1. The van der Waals surface area contributed by atoms with E-state index < -0.39 is 11.7 Å². The quantitative estimate of drug-likeness (QED) is 0.269. The van der Waals surface area contributed by atoms with E-state index in [0.29, 0.717) is 16.9 Å². The van der Waals surface area contributed by atoms with Gasteiger partial charge in [-0.15, -0.1) is 0 Å². The molecule has 1 aromatic heterocycles. The zero-order valence-corrected chi connectivity index (χ0v) is 19.9. The summed E-state index contributed by atoms with van der Waals surface area (Å²) in [4.78, 5) is 24.0. The number of carbonyl (C=O) groups excluding carboxylic acids is 1. The van der Waals surface area contributed by atoms with Crippen molar-refractivity contribution in [2.24, 2.45) is 0 Å². The number of aromatic nitrogens is 3. The van der Waals surface area contributed by atoms with Crippen LogP contribution in [0.1, 0.15) is 12.5 Å². The van der Waals surface area contributed by atoms with Gasteiger partial charge in [0.1, 0.15) is 0 Å². The van der Waals surface area contributed by atoms with Gasteiger partial charge in [0.05, 0.1) is 15.6 Å². The summed E-state index contributed by atoms with van der Waals surface area (Å²) < 4.78 is 44.7. The Bertz CT molecular complexity index is 1380. The Morgan fingerprint density at radius 1 is 0.861 bits per heavy atom. The maximum absolute atomic E-state index is 13.0. The number of nitrogens with zero attached hydrogens (tertiary/aromatic N) is 3. The minimum atomic E-state index is -4.48. The SMILES string of the molecule is CC(=O)Nc1ccc(Nc2nc(Oc3c(Cl)cccc3Cl)nc(-c3ccc(C(F)(F)F)cc3)n2)cc1. The third-order valence-corrected chi connectivity index (χ3v) is 5.25. The fraction of sp³-hybridized carbons (Fsp3) is 0.0833. The van der Waals surface area contributed by atoms with E-state index in [1.807, 2.05) is 0 Å². The van der Waals surface area contributed by atoms with E-state index in [1.165, 1.54) is 19.1 Å². The van der Waals surface area contributed by atoms with Crippen molar-refractivity contribution < 1.29 is 22.7 Å². The Hall–Kier alpha value is -3.89. The van der Waals surface area contributed by atoms with Crippen LogP contribution in [0.4, 0.5) is 30.5 Å². The number of ether oxygens (including phenoxy) is 1. The first-order valence-corrected chi connectivity index (χ1v) is 11.0. The summed E-state index contributed by atoms with van der Waals surface area (Å²) in [5, 5.41) is 6.06. The standard InChI is InChI=1S/C24H16Cl2F3N5O2/c1-13(35)30-16-9-11-17(12-10-16)31-22-32-21(14-5-7-15(8-6-14)24(27,28)29)33-23(34-22)36-20-18(25)3-2-4-19(20)26/h2-12H,1H3,(H,30,35)(H,31,32,33,34). The lowest BCUT2D eigenvalue weighted by Crippen LogP contribution is -2.06. The van der Waals surface area contributed by atoms with Crippen molar-refractivity contribution in [3.05, 3.63) is 82.3 Å². The second kappa shape index (κ2) is 10.4. The summed E-state index contributed by atoms with van der Waals surface area (Å²) in [5.74, 6) is -0.00925. The maximum atomic E-state index is 13.0. The molecule has 0 saturated carbocycles. The first kappa shape index (κ1) is 25.2. The van der Waals surface area contributed by atoms with Gasteiger partial charge in [-0.1, -0.05) is 41.4 Å². The first-order valence-electron chi connectivity index (χ1n) is 10.3. The largest absolute Gasteiger partial charge is 0.421 e. The van der Waals surface area contributed by atoms with Crippen molar-refractivity contribution in [1.29, 1.82) is 0 Å². The summed E-state index contributed by atoms with van der Waals surface area (Å²) in [5.41, 5.74) is 0.642. The topological polar surface area (TPSA) is 89.0 Å². The van der Waals surface area contributed by atoms with E-state index in [-0.39, 0.29) is 39.5 Å². The Labute approximate surface area is 213 Å². The van der Waals surface area contributed by atoms with Crippen molar-refractivity contribution in [2.75, 3.05) is 10.6 Å². The minimum absolute atomic E-state index is 0.0466. The second-order valence-electron chi connectivity index (χ2n) is 7.38. The molecule has 4 aromatic rings. The van der Waals surface area contributed by atoms with Crippen LogP contribution in [0, 0.1) is 0 Å². The molecule has 7 nitrogen and oxygen atoms in total. The van der Waals surface area contributed by atoms with Gasteiger partial charge in [-0.05, 0) is 48.5 Å². The molecule has 4 rings (SSSR count). The molecule has 0 fully saturated rings. The predicted octanol–water partition coefficient (Wildman–Crippen LogP) is 7.36. The van der Waals surface area contributed by atoms with Gasteiger partial charge in [0.15, 0.2) is 11.6 Å². The van der Waals surface area contributed by atoms with Gasteiger partial charge in [-0.3, -0.25) is 4.79 Å². The number of rotatable bonds is 6. The number of hydrogen-bond donors (Lipinski definition) is 2. The number of anilines is 3. The van der Waals surface area contributed by atoms with Crippen LogP contribution in [0.25, 0.3) is 11.4 Å². The Balaban J connectivity index is 1.70. The fourth-order valence-electron chi connectivity index (χ4n) is 3.04. The van der Waals surface area contributed by atoms with Gasteiger partial charge in [-0.25, -0.2) is 0 Å². The number of benzene rings is 3. The van der Waals surface area contributed by atoms with Gasteiger partial charge in [0.25, 0.3) is 0 Å². The zero-order chi connectivity index (χ0) is 25.9. The van der Waals surface area contributed by atoms with Crippen LogP contribution < -0.4 is 15.4 Å². The number of hydrogen-bond acceptors (Lipinski definition) is 6. The van der Waals surface area contributed by atoms with E-state index >= 15 is 0 Å². The van der Waals surface area contributed by atoms with Gasteiger partial charge in [0.2, 0.25) is 11.9 Å². The van der Waals surface area contributed by atoms with Gasteiger partial charge in [0, 0.05) is 23.9 Å². The van der Waals surface area contributed by atoms with Crippen LogP contribution in [0.2, 0.25) is 10.0 Å². The highest BCUT2D eigenvalue weighted by Crippen LogP contribution is 2.36. The van der Waals surface area contributed by atoms with Crippen molar-refractivity contribution in [3.8, 4) is 23.1 Å². The second-order valence-corrected chi connectivity index (χ2v) is 8.19. The molecule has 0 unspecified atom stereocenters. The molecular weight excluding hydrogens is 518 g/mol. The molecule has 184 valence electrons. The molecule has 12 heteroatoms. The molecule has 36 heavy (non-hydrogen) atoms. The van der Waals surface area contributed by atoms with Gasteiger partial charge < -0.3 is 15.4 Å². The summed E-state index contributed by atoms with van der Waals surface area (Å²) in [6.07, 6.45) is -4.48. The van der Waals surface area contributed by atoms with Crippen LogP contribution >= 0.6 is 23.2 Å². The summed E-state index contributed by atoms with van der Waals surface area (Å²) in [7, 11) is 0. The Morgan fingerprint density at radius 3 is 2.06 bits per heavy atom. The van der Waals surface area contributed by atoms with E-state index in [0.717, 1.165) is 12.1 Å². The smallest absolute Gasteiger partial charge is 0.416 e. The summed E-state index contributed by atoms with van der Waals surface area (Å²) in [6, 6.07) is 15.6. The zero-order valence-electron chi connectivity index (χ0n) is 18.4. The number of para-hydroxylation sites is 1. The Morgan fingerprint density at radius 2 is 1.47 bits per heavy atom. The molecule has 3 aromatic carbocycles. The molecule has 0 saturated heterocycles. The lowest BCUT2D eigenvalue weighted by molar-refractivity contribution is -0.137. The number of carbonyl (C=O) groups is 1. The third kappa shape index (κ3) is 6.21. The molecule has 1 heterocycles. The number of amides is 1. The first-order chi connectivity index (χ1) is 17.1. The van der Waals surface area contributed by atoms with Crippen molar-refractivity contribution in [3.63, 3.8) is 0 Å². The molecule has 0 aliphatic carbocycles. The normalized spacial score (nSPS) is 11.2. The summed E-state index contributed by atoms with van der Waals surface area (Å²) >= 11 is 12.4. The molecule has 0 atom stereocenters. The highest BCUT2D eigenvalue weighted by molar-refractivity contribution is 6.37. The molecule has 0 radical (unpaired) electrons. The minimum Gasteiger partial charge on any atom is -0.421 e. The molecule has 2 N–H and O–H groups in total. The van der Waals surface area contributed by atoms with Crippen molar-refractivity contribution in [1.82, 2.24) is 15.0 Å². The molecule has 0 spiro atoms. The van der Waals surface area contributed by atoms with Crippen LogP contribution in [-0.4, -0.2) is 20.9 Å². The molecular formula is C24H16Cl2F3N5O2. The summed E-state index contributed by atoms with van der Waals surface area (Å²) in [6.45, 7) is 1.40.